The van der Waals surface area contributed by atoms with Crippen LogP contribution in [0.1, 0.15) is 55.2 Å². The van der Waals surface area contributed by atoms with Crippen LogP contribution in [0.25, 0.3) is 5.57 Å². The minimum absolute atomic E-state index is 0.196. The van der Waals surface area contributed by atoms with Gasteiger partial charge in [0.1, 0.15) is 0 Å². The third-order valence-corrected chi connectivity index (χ3v) is 6.68. The normalized spacial score (nSPS) is 28.4. The predicted molar refractivity (Wildman–Crippen MR) is 92.5 cm³/mol. The van der Waals surface area contributed by atoms with Crippen LogP contribution in [0.5, 0.6) is 0 Å². The third-order valence-electron chi connectivity index (χ3n) is 6.19. The molecule has 0 aromatic heterocycles. The van der Waals surface area contributed by atoms with E-state index in [0.29, 0.717) is 17.2 Å². The molecule has 0 spiro atoms. The number of carbonyl (C=O) groups is 1. The molecule has 0 unspecified atom stereocenters. The van der Waals surface area contributed by atoms with Gasteiger partial charge < -0.3 is 4.74 Å². The van der Waals surface area contributed by atoms with Crippen molar-refractivity contribution < 1.29 is 9.53 Å². The van der Waals surface area contributed by atoms with Gasteiger partial charge in [0, 0.05) is 11.0 Å². The van der Waals surface area contributed by atoms with E-state index in [1.165, 1.54) is 38.5 Å². The van der Waals surface area contributed by atoms with E-state index in [2.05, 4.69) is 6.07 Å². The number of ether oxygens (including phenoxy) is 1. The molecule has 0 aliphatic heterocycles. The van der Waals surface area contributed by atoms with Crippen LogP contribution < -0.4 is 0 Å². The Morgan fingerprint density at radius 2 is 1.96 bits per heavy atom. The van der Waals surface area contributed by atoms with E-state index >= 15 is 0 Å². The van der Waals surface area contributed by atoms with E-state index in [1.807, 2.05) is 19.1 Å². The Balaban J connectivity index is 1.48. The van der Waals surface area contributed by atoms with Gasteiger partial charge >= 0.3 is 5.97 Å². The lowest BCUT2D eigenvalue weighted by Gasteiger charge is -2.46. The standard InChI is InChI=1S/C20H23ClO2/c1-13-2-3-15-4-5-16(17(15)18(13)21)19(22)23-12-20-9-6-14(7-10-20)8-11-20/h2-3,5,14H,4,6-12H2,1H3. The van der Waals surface area contributed by atoms with Crippen LogP contribution in [0.4, 0.5) is 0 Å². The van der Waals surface area contributed by atoms with Gasteiger partial charge in [-0.25, -0.2) is 4.79 Å². The average molecular weight is 331 g/mol. The van der Waals surface area contributed by atoms with Gasteiger partial charge in [0.05, 0.1) is 17.2 Å². The Kier molecular flexibility index (Phi) is 3.76. The molecule has 1 aromatic rings. The first-order valence-corrected chi connectivity index (χ1v) is 9.11. The maximum atomic E-state index is 12.6. The van der Waals surface area contributed by atoms with E-state index < -0.39 is 0 Å². The lowest BCUT2D eigenvalue weighted by molar-refractivity contribution is -0.142. The van der Waals surface area contributed by atoms with Crippen LogP contribution in [0.2, 0.25) is 5.02 Å². The average Bonchev–Trinajstić information content (AvgIpc) is 3.03. The molecule has 3 fully saturated rings. The molecule has 3 heteroatoms. The van der Waals surface area contributed by atoms with Crippen LogP contribution in [-0.2, 0) is 16.0 Å². The summed E-state index contributed by atoms with van der Waals surface area (Å²) in [5.41, 5.74) is 3.94. The summed E-state index contributed by atoms with van der Waals surface area (Å²) in [7, 11) is 0. The molecule has 0 atom stereocenters. The Morgan fingerprint density at radius 3 is 2.65 bits per heavy atom. The summed E-state index contributed by atoms with van der Waals surface area (Å²) in [6.45, 7) is 2.55. The van der Waals surface area contributed by atoms with Gasteiger partial charge in [-0.3, -0.25) is 0 Å². The second kappa shape index (κ2) is 5.66. The van der Waals surface area contributed by atoms with Crippen molar-refractivity contribution in [2.75, 3.05) is 6.61 Å². The fraction of sp³-hybridized carbons (Fsp3) is 0.550. The number of benzene rings is 1. The minimum atomic E-state index is -0.196. The third kappa shape index (κ3) is 2.61. The quantitative estimate of drug-likeness (QED) is 0.720. The zero-order chi connectivity index (χ0) is 16.0. The van der Waals surface area contributed by atoms with Crippen molar-refractivity contribution in [3.63, 3.8) is 0 Å². The first-order valence-electron chi connectivity index (χ1n) is 8.74. The number of carbonyl (C=O) groups excluding carboxylic acids is 1. The Morgan fingerprint density at radius 1 is 1.26 bits per heavy atom. The number of halogens is 1. The molecule has 1 aromatic carbocycles. The monoisotopic (exact) mass is 330 g/mol. The largest absolute Gasteiger partial charge is 0.461 e. The molecule has 4 aliphatic rings. The van der Waals surface area contributed by atoms with E-state index in [4.69, 9.17) is 16.3 Å². The molecule has 0 heterocycles. The summed E-state index contributed by atoms with van der Waals surface area (Å²) in [5, 5.41) is 0.694. The van der Waals surface area contributed by atoms with Gasteiger partial charge in [-0.2, -0.15) is 0 Å². The molecule has 2 nitrogen and oxygen atoms in total. The molecule has 4 aliphatic carbocycles. The Hall–Kier alpha value is -1.28. The van der Waals surface area contributed by atoms with Gasteiger partial charge in [0.2, 0.25) is 0 Å². The summed E-state index contributed by atoms with van der Waals surface area (Å²) in [4.78, 5) is 12.6. The number of aryl methyl sites for hydroxylation is 1. The van der Waals surface area contributed by atoms with Crippen LogP contribution >= 0.6 is 11.6 Å². The molecular formula is C20H23ClO2. The smallest absolute Gasteiger partial charge is 0.338 e. The number of fused-ring (bicyclic) bond motifs is 4. The van der Waals surface area contributed by atoms with E-state index in [0.717, 1.165) is 29.0 Å². The van der Waals surface area contributed by atoms with Gasteiger partial charge in [-0.15, -0.1) is 0 Å². The van der Waals surface area contributed by atoms with Crippen molar-refractivity contribution in [3.8, 4) is 0 Å². The van der Waals surface area contributed by atoms with E-state index in [-0.39, 0.29) is 11.4 Å². The van der Waals surface area contributed by atoms with Crippen molar-refractivity contribution in [3.05, 3.63) is 39.9 Å². The van der Waals surface area contributed by atoms with E-state index in [1.54, 1.807) is 0 Å². The molecule has 3 saturated carbocycles. The van der Waals surface area contributed by atoms with E-state index in [9.17, 15) is 4.79 Å². The number of rotatable bonds is 3. The van der Waals surface area contributed by atoms with Crippen LogP contribution in [-0.4, -0.2) is 12.6 Å². The van der Waals surface area contributed by atoms with Crippen LogP contribution in [0.15, 0.2) is 18.2 Å². The summed E-state index contributed by atoms with van der Waals surface area (Å²) in [6.07, 6.45) is 10.3. The molecule has 0 N–H and O–H groups in total. The maximum absolute atomic E-state index is 12.6. The minimum Gasteiger partial charge on any atom is -0.461 e. The predicted octanol–water partition coefficient (Wildman–Crippen LogP) is 5.10. The zero-order valence-corrected chi connectivity index (χ0v) is 14.4. The van der Waals surface area contributed by atoms with Crippen molar-refractivity contribution in [1.82, 2.24) is 0 Å². The van der Waals surface area contributed by atoms with Crippen molar-refractivity contribution in [2.24, 2.45) is 11.3 Å². The van der Waals surface area contributed by atoms with Crippen molar-refractivity contribution >= 4 is 23.1 Å². The van der Waals surface area contributed by atoms with Gasteiger partial charge in [-0.05, 0) is 68.9 Å². The van der Waals surface area contributed by atoms with Crippen LogP contribution in [0, 0.1) is 18.3 Å². The lowest BCUT2D eigenvalue weighted by atomic mass is 9.61. The van der Waals surface area contributed by atoms with Crippen LogP contribution in [0.3, 0.4) is 0 Å². The number of allylic oxidation sites excluding steroid dienone is 1. The number of esters is 1. The fourth-order valence-corrected chi connectivity index (χ4v) is 4.82. The summed E-state index contributed by atoms with van der Waals surface area (Å²) in [6, 6.07) is 4.08. The molecule has 23 heavy (non-hydrogen) atoms. The Labute approximate surface area is 142 Å². The first-order chi connectivity index (χ1) is 11.1. The van der Waals surface area contributed by atoms with Crippen molar-refractivity contribution in [2.45, 2.75) is 51.9 Å². The molecule has 0 saturated heterocycles. The molecule has 2 bridgehead atoms. The molecule has 0 radical (unpaired) electrons. The molecule has 0 amide bonds. The van der Waals surface area contributed by atoms with Gasteiger partial charge in [0.25, 0.3) is 0 Å². The highest BCUT2D eigenvalue weighted by Crippen LogP contribution is 2.50. The topological polar surface area (TPSA) is 26.3 Å². The van der Waals surface area contributed by atoms with Crippen molar-refractivity contribution in [1.29, 1.82) is 0 Å². The first kappa shape index (κ1) is 15.3. The SMILES string of the molecule is Cc1ccc2c(c1Cl)C(C(=O)OCC13CCC(CC1)CC3)=CC2. The molecule has 5 rings (SSSR count). The highest BCUT2D eigenvalue weighted by Gasteiger charge is 2.41. The highest BCUT2D eigenvalue weighted by atomic mass is 35.5. The maximum Gasteiger partial charge on any atom is 0.338 e. The number of hydrogen-bond donors (Lipinski definition) is 0. The second-order valence-electron chi connectivity index (χ2n) is 7.61. The zero-order valence-electron chi connectivity index (χ0n) is 13.7. The summed E-state index contributed by atoms with van der Waals surface area (Å²) >= 11 is 6.44. The fourth-order valence-electron chi connectivity index (χ4n) is 4.53. The molecular weight excluding hydrogens is 308 g/mol. The number of hydrogen-bond acceptors (Lipinski definition) is 2. The van der Waals surface area contributed by atoms with Gasteiger partial charge in [0.15, 0.2) is 0 Å². The molecule has 122 valence electrons. The lowest BCUT2D eigenvalue weighted by Crippen LogP contribution is -2.38. The Bertz CT molecular complexity index is 667. The summed E-state index contributed by atoms with van der Waals surface area (Å²) < 4.78 is 5.77. The second-order valence-corrected chi connectivity index (χ2v) is 7.99. The summed E-state index contributed by atoms with van der Waals surface area (Å²) in [5.74, 6) is 0.733. The highest BCUT2D eigenvalue weighted by molar-refractivity contribution is 6.35. The van der Waals surface area contributed by atoms with Gasteiger partial charge in [-0.1, -0.05) is 29.8 Å².